The van der Waals surface area contributed by atoms with E-state index in [-0.39, 0.29) is 12.3 Å². The SMILES string of the molecule is COc1ccc(SCCC(=O)NC2(CC(=O)O)CCOCC2)cc1. The van der Waals surface area contributed by atoms with Crippen LogP contribution in [0.1, 0.15) is 25.7 Å². The van der Waals surface area contributed by atoms with Gasteiger partial charge in [0, 0.05) is 30.3 Å². The summed E-state index contributed by atoms with van der Waals surface area (Å²) in [5.41, 5.74) is -0.675. The Bertz CT molecular complexity index is 555. The highest BCUT2D eigenvalue weighted by Gasteiger charge is 2.36. The zero-order valence-electron chi connectivity index (χ0n) is 13.7. The molecule has 0 saturated carbocycles. The smallest absolute Gasteiger partial charge is 0.305 e. The molecule has 1 heterocycles. The third-order valence-corrected chi connectivity index (χ3v) is 5.02. The minimum Gasteiger partial charge on any atom is -0.497 e. The number of benzene rings is 1. The lowest BCUT2D eigenvalue weighted by molar-refractivity contribution is -0.140. The molecule has 1 fully saturated rings. The second-order valence-corrected chi connectivity index (χ2v) is 6.95. The van der Waals surface area contributed by atoms with Crippen molar-refractivity contribution in [1.29, 1.82) is 0 Å². The van der Waals surface area contributed by atoms with Gasteiger partial charge in [-0.05, 0) is 37.1 Å². The van der Waals surface area contributed by atoms with Gasteiger partial charge in [0.2, 0.25) is 5.91 Å². The van der Waals surface area contributed by atoms with Gasteiger partial charge in [-0.25, -0.2) is 0 Å². The second kappa shape index (κ2) is 8.94. The van der Waals surface area contributed by atoms with Crippen LogP contribution in [0.2, 0.25) is 0 Å². The first-order valence-corrected chi connectivity index (χ1v) is 8.89. The summed E-state index contributed by atoms with van der Waals surface area (Å²) >= 11 is 1.59. The second-order valence-electron chi connectivity index (χ2n) is 5.79. The predicted octanol–water partition coefficient (Wildman–Crippen LogP) is 2.32. The molecule has 1 amide bonds. The first kappa shape index (κ1) is 18.6. The number of carboxylic acid groups (broad SMARTS) is 1. The Labute approximate surface area is 145 Å². The molecule has 24 heavy (non-hydrogen) atoms. The number of thioether (sulfide) groups is 1. The van der Waals surface area contributed by atoms with Gasteiger partial charge in [0.25, 0.3) is 0 Å². The Hall–Kier alpha value is -1.73. The summed E-state index contributed by atoms with van der Waals surface area (Å²) in [5.74, 6) is 0.425. The van der Waals surface area contributed by atoms with Crippen LogP contribution in [0.3, 0.4) is 0 Å². The molecule has 7 heteroatoms. The molecule has 1 aromatic carbocycles. The maximum atomic E-state index is 12.2. The lowest BCUT2D eigenvalue weighted by Gasteiger charge is -2.36. The van der Waals surface area contributed by atoms with Crippen molar-refractivity contribution in [3.05, 3.63) is 24.3 Å². The number of carbonyl (C=O) groups excluding carboxylic acids is 1. The maximum Gasteiger partial charge on any atom is 0.305 e. The normalized spacial score (nSPS) is 16.4. The minimum absolute atomic E-state index is 0.0618. The molecule has 1 saturated heterocycles. The van der Waals surface area contributed by atoms with Gasteiger partial charge in [-0.3, -0.25) is 9.59 Å². The average Bonchev–Trinajstić information content (AvgIpc) is 2.55. The van der Waals surface area contributed by atoms with Crippen molar-refractivity contribution in [3.63, 3.8) is 0 Å². The van der Waals surface area contributed by atoms with E-state index in [4.69, 9.17) is 14.6 Å². The molecule has 0 bridgehead atoms. The molecule has 1 aliphatic rings. The molecule has 0 unspecified atom stereocenters. The summed E-state index contributed by atoms with van der Waals surface area (Å²) in [6.45, 7) is 0.961. The lowest BCUT2D eigenvalue weighted by atomic mass is 9.86. The number of amides is 1. The number of ether oxygens (including phenoxy) is 2. The molecular formula is C17H23NO5S. The molecular weight excluding hydrogens is 330 g/mol. The lowest BCUT2D eigenvalue weighted by Crippen LogP contribution is -2.53. The molecule has 0 radical (unpaired) electrons. The highest BCUT2D eigenvalue weighted by atomic mass is 32.2. The molecule has 0 atom stereocenters. The van der Waals surface area contributed by atoms with Crippen molar-refractivity contribution >= 4 is 23.6 Å². The van der Waals surface area contributed by atoms with Crippen LogP contribution in [0, 0.1) is 0 Å². The van der Waals surface area contributed by atoms with Gasteiger partial charge in [0.05, 0.1) is 19.1 Å². The van der Waals surface area contributed by atoms with Crippen LogP contribution in [-0.2, 0) is 14.3 Å². The van der Waals surface area contributed by atoms with Crippen LogP contribution in [0.5, 0.6) is 5.75 Å². The van der Waals surface area contributed by atoms with Crippen LogP contribution < -0.4 is 10.1 Å². The molecule has 132 valence electrons. The van der Waals surface area contributed by atoms with Crippen LogP contribution in [0.4, 0.5) is 0 Å². The van der Waals surface area contributed by atoms with Crippen molar-refractivity contribution in [2.24, 2.45) is 0 Å². The van der Waals surface area contributed by atoms with E-state index >= 15 is 0 Å². The number of carboxylic acids is 1. The van der Waals surface area contributed by atoms with Gasteiger partial charge in [-0.15, -0.1) is 11.8 Å². The Morgan fingerprint density at radius 3 is 2.54 bits per heavy atom. The van der Waals surface area contributed by atoms with Crippen LogP contribution in [0.15, 0.2) is 29.2 Å². The van der Waals surface area contributed by atoms with Gasteiger partial charge in [0.1, 0.15) is 5.75 Å². The Kier molecular flexibility index (Phi) is 6.93. The van der Waals surface area contributed by atoms with Crippen molar-refractivity contribution in [2.75, 3.05) is 26.1 Å². The van der Waals surface area contributed by atoms with Gasteiger partial charge in [-0.2, -0.15) is 0 Å². The highest BCUT2D eigenvalue weighted by molar-refractivity contribution is 7.99. The Morgan fingerprint density at radius 1 is 1.29 bits per heavy atom. The fraction of sp³-hybridized carbons (Fsp3) is 0.529. The van der Waals surface area contributed by atoms with E-state index in [1.54, 1.807) is 18.9 Å². The number of hydrogen-bond acceptors (Lipinski definition) is 5. The molecule has 1 aliphatic heterocycles. The van der Waals surface area contributed by atoms with Crippen LogP contribution >= 0.6 is 11.8 Å². The highest BCUT2D eigenvalue weighted by Crippen LogP contribution is 2.26. The molecule has 0 aromatic heterocycles. The minimum atomic E-state index is -0.898. The first-order chi connectivity index (χ1) is 11.5. The summed E-state index contributed by atoms with van der Waals surface area (Å²) < 4.78 is 10.4. The summed E-state index contributed by atoms with van der Waals surface area (Å²) in [6.07, 6.45) is 1.36. The van der Waals surface area contributed by atoms with E-state index in [0.717, 1.165) is 10.6 Å². The van der Waals surface area contributed by atoms with E-state index in [9.17, 15) is 9.59 Å². The topological polar surface area (TPSA) is 84.9 Å². The fourth-order valence-electron chi connectivity index (χ4n) is 2.69. The van der Waals surface area contributed by atoms with E-state index < -0.39 is 11.5 Å². The number of nitrogens with one attached hydrogen (secondary N) is 1. The maximum absolute atomic E-state index is 12.2. The number of rotatable bonds is 8. The quantitative estimate of drug-likeness (QED) is 0.698. The number of carbonyl (C=O) groups is 2. The monoisotopic (exact) mass is 353 g/mol. The standard InChI is InChI=1S/C17H23NO5S/c1-22-13-2-4-14(5-3-13)24-11-6-15(19)18-17(12-16(20)21)7-9-23-10-8-17/h2-5H,6-12H2,1H3,(H,18,19)(H,20,21). The number of methoxy groups -OCH3 is 1. The van der Waals surface area contributed by atoms with Crippen LogP contribution in [-0.4, -0.2) is 48.6 Å². The third-order valence-electron chi connectivity index (χ3n) is 4.00. The van der Waals surface area contributed by atoms with Gasteiger partial charge in [-0.1, -0.05) is 0 Å². The molecule has 1 aromatic rings. The number of hydrogen-bond donors (Lipinski definition) is 2. The molecule has 0 spiro atoms. The van der Waals surface area contributed by atoms with Gasteiger partial charge in [0.15, 0.2) is 0 Å². The first-order valence-electron chi connectivity index (χ1n) is 7.90. The van der Waals surface area contributed by atoms with Crippen molar-refractivity contribution < 1.29 is 24.2 Å². The summed E-state index contributed by atoms with van der Waals surface area (Å²) in [5, 5.41) is 12.0. The van der Waals surface area contributed by atoms with E-state index in [1.165, 1.54) is 0 Å². The third kappa shape index (κ3) is 5.72. The molecule has 2 N–H and O–H groups in total. The summed E-state index contributed by atoms with van der Waals surface area (Å²) in [6, 6.07) is 7.66. The average molecular weight is 353 g/mol. The largest absolute Gasteiger partial charge is 0.497 e. The zero-order valence-corrected chi connectivity index (χ0v) is 14.6. The fourth-order valence-corrected chi connectivity index (χ4v) is 3.54. The Morgan fingerprint density at radius 2 is 1.96 bits per heavy atom. The predicted molar refractivity (Wildman–Crippen MR) is 91.5 cm³/mol. The van der Waals surface area contributed by atoms with Crippen LogP contribution in [0.25, 0.3) is 0 Å². The zero-order chi connectivity index (χ0) is 17.4. The molecule has 6 nitrogen and oxygen atoms in total. The molecule has 0 aliphatic carbocycles. The molecule has 2 rings (SSSR count). The van der Waals surface area contributed by atoms with E-state index in [0.29, 0.717) is 38.2 Å². The summed E-state index contributed by atoms with van der Waals surface area (Å²) in [7, 11) is 1.62. The van der Waals surface area contributed by atoms with Crippen molar-refractivity contribution in [3.8, 4) is 5.75 Å². The van der Waals surface area contributed by atoms with Gasteiger partial charge >= 0.3 is 5.97 Å². The van der Waals surface area contributed by atoms with E-state index in [2.05, 4.69) is 5.32 Å². The number of aliphatic carboxylic acids is 1. The van der Waals surface area contributed by atoms with Crippen molar-refractivity contribution in [2.45, 2.75) is 36.1 Å². The Balaban J connectivity index is 1.81. The van der Waals surface area contributed by atoms with E-state index in [1.807, 2.05) is 24.3 Å². The van der Waals surface area contributed by atoms with Gasteiger partial charge < -0.3 is 19.9 Å². The van der Waals surface area contributed by atoms with Crippen molar-refractivity contribution in [1.82, 2.24) is 5.32 Å². The summed E-state index contributed by atoms with van der Waals surface area (Å²) in [4.78, 5) is 24.4.